The molecule has 0 aliphatic heterocycles. The van der Waals surface area contributed by atoms with Crippen LogP contribution in [0.15, 0.2) is 0 Å². The van der Waals surface area contributed by atoms with Crippen molar-refractivity contribution in [3.8, 4) is 0 Å². The van der Waals surface area contributed by atoms with Crippen molar-refractivity contribution in [2.24, 2.45) is 0 Å². The van der Waals surface area contributed by atoms with Gasteiger partial charge in [0.05, 0.1) is 6.61 Å². The van der Waals surface area contributed by atoms with E-state index in [1.54, 1.807) is 7.11 Å². The second-order valence-corrected chi connectivity index (χ2v) is 4.56. The molecule has 1 saturated carbocycles. The summed E-state index contributed by atoms with van der Waals surface area (Å²) in [5.41, 5.74) is 0. The summed E-state index contributed by atoms with van der Waals surface area (Å²) in [6.45, 7) is 8.93. The summed E-state index contributed by atoms with van der Waals surface area (Å²) in [6.07, 6.45) is 3.84. The first-order valence-electron chi connectivity index (χ1n) is 6.90. The van der Waals surface area contributed by atoms with Gasteiger partial charge >= 0.3 is 0 Å². The molecule has 0 radical (unpaired) electrons. The van der Waals surface area contributed by atoms with Crippen molar-refractivity contribution in [2.75, 3.05) is 53.1 Å². The quantitative estimate of drug-likeness (QED) is 0.522. The molecule has 1 fully saturated rings. The van der Waals surface area contributed by atoms with E-state index in [0.29, 0.717) is 0 Å². The van der Waals surface area contributed by atoms with E-state index in [2.05, 4.69) is 10.2 Å². The van der Waals surface area contributed by atoms with Gasteiger partial charge < -0.3 is 14.8 Å². The third-order valence-electron chi connectivity index (χ3n) is 3.07. The summed E-state index contributed by atoms with van der Waals surface area (Å²) in [5, 5.41) is 3.47. The molecular formula is C13H28N2O2. The third-order valence-corrected chi connectivity index (χ3v) is 3.07. The van der Waals surface area contributed by atoms with Crippen molar-refractivity contribution in [3.05, 3.63) is 0 Å². The Bertz CT molecular complexity index is 175. The minimum atomic E-state index is 0.826. The van der Waals surface area contributed by atoms with Gasteiger partial charge in [-0.1, -0.05) is 0 Å². The summed E-state index contributed by atoms with van der Waals surface area (Å²) >= 11 is 0. The highest BCUT2D eigenvalue weighted by Crippen LogP contribution is 2.25. The van der Waals surface area contributed by atoms with Crippen LogP contribution in [0.5, 0.6) is 0 Å². The molecule has 0 saturated heterocycles. The van der Waals surface area contributed by atoms with Gasteiger partial charge in [-0.05, 0) is 32.7 Å². The topological polar surface area (TPSA) is 33.7 Å². The van der Waals surface area contributed by atoms with E-state index in [1.165, 1.54) is 12.8 Å². The first-order valence-corrected chi connectivity index (χ1v) is 6.90. The summed E-state index contributed by atoms with van der Waals surface area (Å²) in [5.74, 6) is 0. The Labute approximate surface area is 106 Å². The Morgan fingerprint density at radius 2 is 2.00 bits per heavy atom. The molecule has 0 aromatic rings. The van der Waals surface area contributed by atoms with Gasteiger partial charge in [-0.25, -0.2) is 0 Å². The fourth-order valence-corrected chi connectivity index (χ4v) is 1.92. The Kier molecular flexibility index (Phi) is 8.61. The number of nitrogens with zero attached hydrogens (tertiary/aromatic N) is 1. The van der Waals surface area contributed by atoms with Crippen molar-refractivity contribution in [1.29, 1.82) is 0 Å². The van der Waals surface area contributed by atoms with E-state index in [9.17, 15) is 0 Å². The minimum absolute atomic E-state index is 0.826. The van der Waals surface area contributed by atoms with E-state index < -0.39 is 0 Å². The molecule has 1 aliphatic carbocycles. The van der Waals surface area contributed by atoms with Crippen molar-refractivity contribution in [1.82, 2.24) is 10.2 Å². The van der Waals surface area contributed by atoms with Crippen LogP contribution in [-0.2, 0) is 9.47 Å². The zero-order chi connectivity index (χ0) is 12.3. The molecule has 0 bridgehead atoms. The SMILES string of the molecule is CCOCCCNCCN(CCOC)C1CC1. The number of hydrogen-bond acceptors (Lipinski definition) is 4. The molecule has 102 valence electrons. The number of rotatable bonds is 12. The fourth-order valence-electron chi connectivity index (χ4n) is 1.92. The van der Waals surface area contributed by atoms with Crippen molar-refractivity contribution >= 4 is 0 Å². The summed E-state index contributed by atoms with van der Waals surface area (Å²) < 4.78 is 10.4. The molecule has 17 heavy (non-hydrogen) atoms. The van der Waals surface area contributed by atoms with Crippen LogP contribution in [0.4, 0.5) is 0 Å². The Morgan fingerprint density at radius 1 is 1.18 bits per heavy atom. The smallest absolute Gasteiger partial charge is 0.0589 e. The minimum Gasteiger partial charge on any atom is -0.383 e. The molecule has 4 nitrogen and oxygen atoms in total. The zero-order valence-electron chi connectivity index (χ0n) is 11.4. The second-order valence-electron chi connectivity index (χ2n) is 4.56. The van der Waals surface area contributed by atoms with Crippen molar-refractivity contribution in [2.45, 2.75) is 32.2 Å². The van der Waals surface area contributed by atoms with E-state index in [4.69, 9.17) is 9.47 Å². The highest BCUT2D eigenvalue weighted by Gasteiger charge is 2.27. The Balaban J connectivity index is 1.91. The van der Waals surface area contributed by atoms with Gasteiger partial charge in [0.2, 0.25) is 0 Å². The monoisotopic (exact) mass is 244 g/mol. The van der Waals surface area contributed by atoms with Crippen LogP contribution in [0.2, 0.25) is 0 Å². The Morgan fingerprint density at radius 3 is 2.65 bits per heavy atom. The summed E-state index contributed by atoms with van der Waals surface area (Å²) in [7, 11) is 1.77. The predicted octanol–water partition coefficient (Wildman–Crippen LogP) is 1.11. The van der Waals surface area contributed by atoms with E-state index >= 15 is 0 Å². The first kappa shape index (κ1) is 14.9. The molecule has 0 aromatic heterocycles. The van der Waals surface area contributed by atoms with E-state index in [-0.39, 0.29) is 0 Å². The molecule has 0 amide bonds. The maximum atomic E-state index is 5.30. The van der Waals surface area contributed by atoms with Gasteiger partial charge in [-0.3, -0.25) is 4.90 Å². The summed E-state index contributed by atoms with van der Waals surface area (Å²) in [4.78, 5) is 2.54. The lowest BCUT2D eigenvalue weighted by Gasteiger charge is -2.21. The van der Waals surface area contributed by atoms with E-state index in [1.807, 2.05) is 6.92 Å². The van der Waals surface area contributed by atoms with Gasteiger partial charge in [0.1, 0.15) is 0 Å². The highest BCUT2D eigenvalue weighted by molar-refractivity contribution is 4.84. The molecule has 1 aliphatic rings. The molecule has 0 heterocycles. The van der Waals surface area contributed by atoms with Crippen LogP contribution in [0.25, 0.3) is 0 Å². The molecule has 0 atom stereocenters. The third kappa shape index (κ3) is 7.71. The van der Waals surface area contributed by atoms with Crippen LogP contribution in [-0.4, -0.2) is 64.1 Å². The number of ether oxygens (including phenoxy) is 2. The lowest BCUT2D eigenvalue weighted by Crippen LogP contribution is -2.36. The molecule has 4 heteroatoms. The van der Waals surface area contributed by atoms with Gasteiger partial charge in [-0.15, -0.1) is 0 Å². The van der Waals surface area contributed by atoms with Crippen LogP contribution in [0, 0.1) is 0 Å². The summed E-state index contributed by atoms with van der Waals surface area (Å²) in [6, 6.07) is 0.829. The maximum absolute atomic E-state index is 5.30. The van der Waals surface area contributed by atoms with Gasteiger partial charge in [0, 0.05) is 46.0 Å². The lowest BCUT2D eigenvalue weighted by atomic mass is 10.4. The molecule has 0 spiro atoms. The average Bonchev–Trinajstić information content (AvgIpc) is 3.16. The zero-order valence-corrected chi connectivity index (χ0v) is 11.4. The van der Waals surface area contributed by atoms with Crippen molar-refractivity contribution in [3.63, 3.8) is 0 Å². The number of methoxy groups -OCH3 is 1. The fraction of sp³-hybridized carbons (Fsp3) is 1.00. The van der Waals surface area contributed by atoms with Crippen LogP contribution in [0.1, 0.15) is 26.2 Å². The molecule has 0 unspecified atom stereocenters. The largest absolute Gasteiger partial charge is 0.383 e. The lowest BCUT2D eigenvalue weighted by molar-refractivity contribution is 0.139. The maximum Gasteiger partial charge on any atom is 0.0589 e. The average molecular weight is 244 g/mol. The molecular weight excluding hydrogens is 216 g/mol. The first-order chi connectivity index (χ1) is 8.38. The van der Waals surface area contributed by atoms with E-state index in [0.717, 1.165) is 58.5 Å². The van der Waals surface area contributed by atoms with Crippen LogP contribution < -0.4 is 5.32 Å². The van der Waals surface area contributed by atoms with Crippen LogP contribution >= 0.6 is 0 Å². The Hall–Kier alpha value is -0.160. The van der Waals surface area contributed by atoms with Gasteiger partial charge in [-0.2, -0.15) is 0 Å². The normalized spacial score (nSPS) is 15.7. The standard InChI is InChI=1S/C13H28N2O2/c1-3-17-11-4-7-14-8-9-15(10-12-16-2)13-5-6-13/h13-14H,3-12H2,1-2H3. The van der Waals surface area contributed by atoms with Crippen molar-refractivity contribution < 1.29 is 9.47 Å². The predicted molar refractivity (Wildman–Crippen MR) is 70.5 cm³/mol. The van der Waals surface area contributed by atoms with Crippen LogP contribution in [0.3, 0.4) is 0 Å². The molecule has 1 rings (SSSR count). The second kappa shape index (κ2) is 9.83. The molecule has 0 aromatic carbocycles. The molecule has 1 N–H and O–H groups in total. The highest BCUT2D eigenvalue weighted by atomic mass is 16.5. The van der Waals surface area contributed by atoms with Gasteiger partial charge in [0.25, 0.3) is 0 Å². The number of nitrogens with one attached hydrogen (secondary N) is 1. The number of hydrogen-bond donors (Lipinski definition) is 1. The van der Waals surface area contributed by atoms with Gasteiger partial charge in [0.15, 0.2) is 0 Å².